The van der Waals surface area contributed by atoms with E-state index in [-0.39, 0.29) is 31.0 Å². The van der Waals surface area contributed by atoms with Crippen LogP contribution in [-0.4, -0.2) is 43.6 Å². The van der Waals surface area contributed by atoms with Crippen molar-refractivity contribution < 1.29 is 18.4 Å². The number of carbonyl (C=O) groups excluding carboxylic acids is 2. The number of nitrogens with one attached hydrogen (secondary N) is 1. The van der Waals surface area contributed by atoms with E-state index >= 15 is 0 Å². The summed E-state index contributed by atoms with van der Waals surface area (Å²) >= 11 is 4.67. The summed E-state index contributed by atoms with van der Waals surface area (Å²) in [5, 5.41) is 24.6. The van der Waals surface area contributed by atoms with Gasteiger partial charge in [-0.1, -0.05) is 47.7 Å². The van der Waals surface area contributed by atoms with E-state index in [0.717, 1.165) is 61.3 Å². The van der Waals surface area contributed by atoms with Gasteiger partial charge in [-0.05, 0) is 35.8 Å². The molecular weight excluding hydrogens is 579 g/mol. The van der Waals surface area contributed by atoms with Crippen LogP contribution in [0.2, 0.25) is 0 Å². The average Bonchev–Trinajstić information content (AvgIpc) is 3.75. The summed E-state index contributed by atoms with van der Waals surface area (Å²) in [5.41, 5.74) is 1.56. The highest BCUT2D eigenvalue weighted by atomic mass is 32.2. The SMILES string of the molecule is O=C(Cc1cc2ccccc2o1)Cc1nnc(CCSCCc2nnc(NC(=O)Cc3cc4ccccc4o3)s2)s1. The van der Waals surface area contributed by atoms with Crippen LogP contribution in [0.4, 0.5) is 5.13 Å². The molecule has 0 fully saturated rings. The van der Waals surface area contributed by atoms with E-state index in [0.29, 0.717) is 16.7 Å². The maximum atomic E-state index is 12.5. The molecular formula is C29H25N5O4S3. The molecule has 0 saturated carbocycles. The van der Waals surface area contributed by atoms with E-state index in [2.05, 4.69) is 25.7 Å². The van der Waals surface area contributed by atoms with Crippen molar-refractivity contribution in [2.75, 3.05) is 16.8 Å². The summed E-state index contributed by atoms with van der Waals surface area (Å²) in [6.07, 6.45) is 2.20. The number of aromatic nitrogens is 4. The number of hydrogen-bond acceptors (Lipinski definition) is 11. The van der Waals surface area contributed by atoms with E-state index in [1.54, 1.807) is 11.8 Å². The Morgan fingerprint density at radius 2 is 1.29 bits per heavy atom. The standard InChI is InChI=1S/C29H25N5O4S3/c35-20(15-21-13-18-5-1-3-7-23(18)37-21)16-28-33-31-26(40-28)9-11-39-12-10-27-32-34-29(41-27)30-25(36)17-22-14-19-6-2-4-8-24(19)38-22/h1-8,13-14H,9-12,15-17H2,(H,30,34,36). The number of nitrogens with zero attached hydrogens (tertiary/aromatic N) is 4. The van der Waals surface area contributed by atoms with Crippen molar-refractivity contribution in [3.05, 3.63) is 87.2 Å². The van der Waals surface area contributed by atoms with Crippen molar-refractivity contribution in [1.29, 1.82) is 0 Å². The molecule has 0 aliphatic heterocycles. The zero-order valence-corrected chi connectivity index (χ0v) is 24.3. The van der Waals surface area contributed by atoms with Gasteiger partial charge in [0.25, 0.3) is 0 Å². The minimum Gasteiger partial charge on any atom is -0.461 e. The molecule has 0 atom stereocenters. The van der Waals surface area contributed by atoms with E-state index in [1.807, 2.05) is 60.7 Å². The molecule has 0 saturated heterocycles. The van der Waals surface area contributed by atoms with Crippen LogP contribution in [0, 0.1) is 0 Å². The van der Waals surface area contributed by atoms with E-state index in [9.17, 15) is 9.59 Å². The first kappa shape index (κ1) is 27.3. The van der Waals surface area contributed by atoms with Gasteiger partial charge in [0.2, 0.25) is 11.0 Å². The van der Waals surface area contributed by atoms with Crippen molar-refractivity contribution in [3.8, 4) is 0 Å². The zero-order valence-electron chi connectivity index (χ0n) is 21.9. The quantitative estimate of drug-likeness (QED) is 0.160. The number of aryl methyl sites for hydroxylation is 2. The highest BCUT2D eigenvalue weighted by molar-refractivity contribution is 7.99. The predicted molar refractivity (Wildman–Crippen MR) is 162 cm³/mol. The smallest absolute Gasteiger partial charge is 0.233 e. The van der Waals surface area contributed by atoms with E-state index < -0.39 is 0 Å². The van der Waals surface area contributed by atoms with E-state index in [1.165, 1.54) is 22.7 Å². The van der Waals surface area contributed by atoms with Gasteiger partial charge in [-0.2, -0.15) is 11.8 Å². The second-order valence-corrected chi connectivity index (χ2v) is 12.8. The maximum Gasteiger partial charge on any atom is 0.233 e. The van der Waals surface area contributed by atoms with Crippen molar-refractivity contribution in [2.45, 2.75) is 32.1 Å². The number of para-hydroxylation sites is 2. The third-order valence-corrected chi connectivity index (χ3v) is 9.02. The lowest BCUT2D eigenvalue weighted by atomic mass is 10.2. The molecule has 9 nitrogen and oxygen atoms in total. The molecule has 0 aliphatic carbocycles. The molecule has 41 heavy (non-hydrogen) atoms. The molecule has 4 aromatic heterocycles. The Hall–Kier alpha value is -3.87. The van der Waals surface area contributed by atoms with Crippen LogP contribution in [0.25, 0.3) is 21.9 Å². The number of furan rings is 2. The Kier molecular flexibility index (Phi) is 8.49. The summed E-state index contributed by atoms with van der Waals surface area (Å²) in [6, 6.07) is 19.2. The molecule has 6 rings (SSSR count). The van der Waals surface area contributed by atoms with Gasteiger partial charge in [0.05, 0.1) is 19.3 Å². The van der Waals surface area contributed by atoms with Gasteiger partial charge >= 0.3 is 0 Å². The van der Waals surface area contributed by atoms with Crippen molar-refractivity contribution in [3.63, 3.8) is 0 Å². The Bertz CT molecular complexity index is 1610. The molecule has 6 aromatic rings. The van der Waals surface area contributed by atoms with Crippen LogP contribution in [-0.2, 0) is 41.7 Å². The molecule has 0 bridgehead atoms. The summed E-state index contributed by atoms with van der Waals surface area (Å²) in [4.78, 5) is 24.9. The fraction of sp³-hybridized carbons (Fsp3) is 0.241. The summed E-state index contributed by atoms with van der Waals surface area (Å²) in [5.74, 6) is 2.92. The number of rotatable bonds is 13. The molecule has 4 heterocycles. The van der Waals surface area contributed by atoms with Crippen LogP contribution < -0.4 is 5.32 Å². The average molecular weight is 604 g/mol. The minimum absolute atomic E-state index is 0.0586. The Morgan fingerprint density at radius 1 is 0.707 bits per heavy atom. The normalized spacial score (nSPS) is 11.4. The third kappa shape index (κ3) is 7.26. The van der Waals surface area contributed by atoms with Gasteiger partial charge in [0, 0.05) is 23.6 Å². The topological polar surface area (TPSA) is 124 Å². The zero-order chi connectivity index (χ0) is 28.0. The largest absolute Gasteiger partial charge is 0.461 e. The summed E-state index contributed by atoms with van der Waals surface area (Å²) in [7, 11) is 0. The molecule has 0 unspecified atom stereocenters. The number of ketones is 1. The fourth-order valence-electron chi connectivity index (χ4n) is 4.28. The highest BCUT2D eigenvalue weighted by Crippen LogP contribution is 2.22. The number of fused-ring (bicyclic) bond motifs is 2. The lowest BCUT2D eigenvalue weighted by Gasteiger charge is -1.98. The van der Waals surface area contributed by atoms with Gasteiger partial charge in [-0.25, -0.2) is 0 Å². The van der Waals surface area contributed by atoms with Crippen molar-refractivity contribution in [1.82, 2.24) is 20.4 Å². The second kappa shape index (κ2) is 12.8. The van der Waals surface area contributed by atoms with Gasteiger partial charge in [-0.15, -0.1) is 31.7 Å². The summed E-state index contributed by atoms with van der Waals surface area (Å²) < 4.78 is 11.5. The molecule has 0 radical (unpaired) electrons. The number of thioether (sulfide) groups is 1. The van der Waals surface area contributed by atoms with Crippen LogP contribution in [0.1, 0.15) is 26.5 Å². The lowest BCUT2D eigenvalue weighted by molar-refractivity contribution is -0.118. The predicted octanol–water partition coefficient (Wildman–Crippen LogP) is 5.94. The number of amides is 1. The monoisotopic (exact) mass is 603 g/mol. The van der Waals surface area contributed by atoms with Crippen LogP contribution >= 0.6 is 34.4 Å². The second-order valence-electron chi connectivity index (χ2n) is 9.32. The lowest BCUT2D eigenvalue weighted by Crippen LogP contribution is -2.13. The van der Waals surface area contributed by atoms with Gasteiger partial charge < -0.3 is 14.2 Å². The number of anilines is 1. The third-order valence-electron chi connectivity index (χ3n) is 6.15. The van der Waals surface area contributed by atoms with Crippen molar-refractivity contribution >= 4 is 73.2 Å². The molecule has 0 aliphatic rings. The highest BCUT2D eigenvalue weighted by Gasteiger charge is 2.14. The molecule has 1 N–H and O–H groups in total. The first-order chi connectivity index (χ1) is 20.1. The Balaban J connectivity index is 0.885. The first-order valence-electron chi connectivity index (χ1n) is 13.1. The number of benzene rings is 2. The van der Waals surface area contributed by atoms with Gasteiger partial charge in [-0.3, -0.25) is 9.59 Å². The van der Waals surface area contributed by atoms with Crippen LogP contribution in [0.3, 0.4) is 0 Å². The first-order valence-corrected chi connectivity index (χ1v) is 15.8. The molecule has 0 spiro atoms. The Labute approximate surface area is 247 Å². The van der Waals surface area contributed by atoms with Crippen LogP contribution in [0.15, 0.2) is 69.5 Å². The number of hydrogen-bond donors (Lipinski definition) is 1. The van der Waals surface area contributed by atoms with Crippen LogP contribution in [0.5, 0.6) is 0 Å². The summed E-state index contributed by atoms with van der Waals surface area (Å²) in [6.45, 7) is 0. The Morgan fingerprint density at radius 3 is 1.98 bits per heavy atom. The van der Waals surface area contributed by atoms with Crippen molar-refractivity contribution in [2.24, 2.45) is 0 Å². The fourth-order valence-corrected chi connectivity index (χ4v) is 7.05. The number of carbonyl (C=O) groups is 2. The minimum atomic E-state index is -0.186. The number of Topliss-reactive ketones (excluding diaryl/α,β-unsaturated/α-hetero) is 1. The molecule has 2 aromatic carbocycles. The van der Waals surface area contributed by atoms with Gasteiger partial charge in [0.1, 0.15) is 43.5 Å². The molecule has 208 valence electrons. The van der Waals surface area contributed by atoms with E-state index in [4.69, 9.17) is 8.83 Å². The molecule has 12 heteroatoms. The molecule has 1 amide bonds. The maximum absolute atomic E-state index is 12.5. The van der Waals surface area contributed by atoms with Gasteiger partial charge in [0.15, 0.2) is 0 Å².